The van der Waals surface area contributed by atoms with Gasteiger partial charge in [-0.3, -0.25) is 9.69 Å². The number of alkyl halides is 3. The standard InChI is InChI=1S/C10H16F3NO3/c1-6-3-14(4-7(2)17-6)5-8(9(15)16)10(11,12)13/h6-8H,3-5H2,1-2H3,(H,15,16). The first-order valence-corrected chi connectivity index (χ1v) is 5.37. The number of halogens is 3. The predicted molar refractivity (Wildman–Crippen MR) is 53.6 cm³/mol. The fourth-order valence-electron chi connectivity index (χ4n) is 2.01. The molecule has 1 fully saturated rings. The molecule has 7 heteroatoms. The third kappa shape index (κ3) is 4.16. The molecule has 17 heavy (non-hydrogen) atoms. The number of carboxylic acid groups (broad SMARTS) is 1. The van der Waals surface area contributed by atoms with Crippen molar-refractivity contribution in [2.75, 3.05) is 19.6 Å². The van der Waals surface area contributed by atoms with Crippen LogP contribution in [0.25, 0.3) is 0 Å². The van der Waals surface area contributed by atoms with Gasteiger partial charge in [0.25, 0.3) is 0 Å². The Morgan fingerprint density at radius 3 is 2.24 bits per heavy atom. The molecule has 0 amide bonds. The number of hydrogen-bond acceptors (Lipinski definition) is 3. The summed E-state index contributed by atoms with van der Waals surface area (Å²) < 4.78 is 42.8. The molecule has 3 unspecified atom stereocenters. The van der Waals surface area contributed by atoms with E-state index in [9.17, 15) is 18.0 Å². The number of hydrogen-bond donors (Lipinski definition) is 1. The van der Waals surface area contributed by atoms with Crippen molar-refractivity contribution in [1.82, 2.24) is 4.90 Å². The van der Waals surface area contributed by atoms with Crippen LogP contribution in [0.3, 0.4) is 0 Å². The number of carboxylic acids is 1. The van der Waals surface area contributed by atoms with Gasteiger partial charge in [-0.25, -0.2) is 0 Å². The highest BCUT2D eigenvalue weighted by atomic mass is 19.4. The Kier molecular flexibility index (Phi) is 4.37. The zero-order valence-electron chi connectivity index (χ0n) is 9.70. The second-order valence-corrected chi connectivity index (χ2v) is 4.41. The minimum Gasteiger partial charge on any atom is -0.481 e. The van der Waals surface area contributed by atoms with Crippen LogP contribution in [-0.2, 0) is 9.53 Å². The summed E-state index contributed by atoms with van der Waals surface area (Å²) >= 11 is 0. The van der Waals surface area contributed by atoms with Crippen molar-refractivity contribution in [3.05, 3.63) is 0 Å². The van der Waals surface area contributed by atoms with Crippen molar-refractivity contribution >= 4 is 5.97 Å². The Balaban J connectivity index is 2.64. The lowest BCUT2D eigenvalue weighted by atomic mass is 10.1. The first-order valence-electron chi connectivity index (χ1n) is 5.37. The first kappa shape index (κ1) is 14.2. The van der Waals surface area contributed by atoms with Gasteiger partial charge in [0.2, 0.25) is 0 Å². The molecule has 1 N–H and O–H groups in total. The number of carbonyl (C=O) groups is 1. The molecule has 0 spiro atoms. The lowest BCUT2D eigenvalue weighted by molar-refractivity contribution is -0.200. The Morgan fingerprint density at radius 1 is 1.41 bits per heavy atom. The summed E-state index contributed by atoms with van der Waals surface area (Å²) in [6, 6.07) is 0. The van der Waals surface area contributed by atoms with Crippen molar-refractivity contribution in [3.63, 3.8) is 0 Å². The number of aliphatic carboxylic acids is 1. The third-order valence-electron chi connectivity index (χ3n) is 2.63. The minimum absolute atomic E-state index is 0.179. The van der Waals surface area contributed by atoms with Gasteiger partial charge < -0.3 is 9.84 Å². The van der Waals surface area contributed by atoms with Crippen molar-refractivity contribution in [2.24, 2.45) is 5.92 Å². The van der Waals surface area contributed by atoms with E-state index in [1.165, 1.54) is 4.90 Å². The summed E-state index contributed by atoms with van der Waals surface area (Å²) in [6.45, 7) is 3.64. The SMILES string of the molecule is CC1CN(CC(C(=O)O)C(F)(F)F)CC(C)O1. The number of rotatable bonds is 3. The van der Waals surface area contributed by atoms with E-state index in [-0.39, 0.29) is 12.2 Å². The highest BCUT2D eigenvalue weighted by molar-refractivity contribution is 5.71. The van der Waals surface area contributed by atoms with E-state index in [4.69, 9.17) is 9.84 Å². The van der Waals surface area contributed by atoms with Gasteiger partial charge >= 0.3 is 12.1 Å². The normalized spacial score (nSPS) is 29.0. The summed E-state index contributed by atoms with van der Waals surface area (Å²) in [7, 11) is 0. The fraction of sp³-hybridized carbons (Fsp3) is 0.900. The molecule has 1 aliphatic rings. The maximum Gasteiger partial charge on any atom is 0.403 e. The van der Waals surface area contributed by atoms with Gasteiger partial charge in [-0.2, -0.15) is 13.2 Å². The Labute approximate surface area is 97.3 Å². The summed E-state index contributed by atoms with van der Waals surface area (Å²) in [5.74, 6) is -4.16. The monoisotopic (exact) mass is 255 g/mol. The van der Waals surface area contributed by atoms with E-state index in [1.807, 2.05) is 0 Å². The molecule has 0 aromatic rings. The smallest absolute Gasteiger partial charge is 0.403 e. The van der Waals surface area contributed by atoms with Crippen LogP contribution in [0.2, 0.25) is 0 Å². The molecule has 0 aromatic heterocycles. The third-order valence-corrected chi connectivity index (χ3v) is 2.63. The molecule has 1 saturated heterocycles. The Morgan fingerprint density at radius 2 is 1.88 bits per heavy atom. The van der Waals surface area contributed by atoms with Crippen molar-refractivity contribution in [1.29, 1.82) is 0 Å². The van der Waals surface area contributed by atoms with Gasteiger partial charge in [-0.05, 0) is 13.8 Å². The largest absolute Gasteiger partial charge is 0.481 e. The van der Waals surface area contributed by atoms with Crippen LogP contribution in [0.1, 0.15) is 13.8 Å². The maximum absolute atomic E-state index is 12.5. The zero-order chi connectivity index (χ0) is 13.2. The molecule has 100 valence electrons. The van der Waals surface area contributed by atoms with Crippen LogP contribution >= 0.6 is 0 Å². The quantitative estimate of drug-likeness (QED) is 0.827. The van der Waals surface area contributed by atoms with Gasteiger partial charge in [0.1, 0.15) is 0 Å². The van der Waals surface area contributed by atoms with Gasteiger partial charge in [0.15, 0.2) is 5.92 Å². The number of morpholine rings is 1. The van der Waals surface area contributed by atoms with Gasteiger partial charge in [0.05, 0.1) is 12.2 Å². The molecular weight excluding hydrogens is 239 g/mol. The zero-order valence-corrected chi connectivity index (χ0v) is 9.70. The van der Waals surface area contributed by atoms with E-state index in [0.717, 1.165) is 0 Å². The van der Waals surface area contributed by atoms with Crippen molar-refractivity contribution in [2.45, 2.75) is 32.2 Å². The molecule has 0 aliphatic carbocycles. The lowest BCUT2D eigenvalue weighted by Gasteiger charge is -2.36. The maximum atomic E-state index is 12.5. The summed E-state index contributed by atoms with van der Waals surface area (Å²) in [4.78, 5) is 12.1. The lowest BCUT2D eigenvalue weighted by Crippen LogP contribution is -2.50. The summed E-state index contributed by atoms with van der Waals surface area (Å²) in [5.41, 5.74) is 0. The van der Waals surface area contributed by atoms with E-state index in [2.05, 4.69) is 0 Å². The summed E-state index contributed by atoms with van der Waals surface area (Å²) in [5, 5.41) is 8.59. The predicted octanol–water partition coefficient (Wildman–Crippen LogP) is 1.36. The van der Waals surface area contributed by atoms with E-state index < -0.39 is 24.6 Å². The average Bonchev–Trinajstić information content (AvgIpc) is 2.10. The molecule has 0 radical (unpaired) electrons. The highest BCUT2D eigenvalue weighted by Gasteiger charge is 2.46. The molecule has 3 atom stereocenters. The van der Waals surface area contributed by atoms with Crippen LogP contribution < -0.4 is 0 Å². The summed E-state index contributed by atoms with van der Waals surface area (Å²) in [6.07, 6.45) is -5.07. The van der Waals surface area contributed by atoms with Crippen LogP contribution in [0.4, 0.5) is 13.2 Å². The Bertz CT molecular complexity index is 272. The second-order valence-electron chi connectivity index (χ2n) is 4.41. The van der Waals surface area contributed by atoms with Crippen LogP contribution in [-0.4, -0.2) is 54.0 Å². The molecule has 0 aromatic carbocycles. The van der Waals surface area contributed by atoms with Crippen molar-refractivity contribution in [3.8, 4) is 0 Å². The van der Waals surface area contributed by atoms with Crippen LogP contribution in [0.5, 0.6) is 0 Å². The first-order chi connectivity index (χ1) is 7.70. The highest BCUT2D eigenvalue weighted by Crippen LogP contribution is 2.28. The molecule has 0 bridgehead atoms. The van der Waals surface area contributed by atoms with E-state index in [1.54, 1.807) is 13.8 Å². The van der Waals surface area contributed by atoms with E-state index >= 15 is 0 Å². The van der Waals surface area contributed by atoms with Crippen LogP contribution in [0, 0.1) is 5.92 Å². The number of nitrogens with zero attached hydrogens (tertiary/aromatic N) is 1. The molecule has 1 rings (SSSR count). The van der Waals surface area contributed by atoms with Crippen molar-refractivity contribution < 1.29 is 27.8 Å². The molecule has 1 heterocycles. The molecular formula is C10H16F3NO3. The minimum atomic E-state index is -4.71. The van der Waals surface area contributed by atoms with Gasteiger partial charge in [0, 0.05) is 19.6 Å². The van der Waals surface area contributed by atoms with Crippen LogP contribution in [0.15, 0.2) is 0 Å². The average molecular weight is 255 g/mol. The topological polar surface area (TPSA) is 49.8 Å². The number of ether oxygens (including phenoxy) is 1. The fourth-order valence-corrected chi connectivity index (χ4v) is 2.01. The van der Waals surface area contributed by atoms with Gasteiger partial charge in [-0.15, -0.1) is 0 Å². The molecule has 4 nitrogen and oxygen atoms in total. The molecule has 0 saturated carbocycles. The molecule has 1 aliphatic heterocycles. The van der Waals surface area contributed by atoms with E-state index in [0.29, 0.717) is 13.1 Å². The Hall–Kier alpha value is -0.820. The van der Waals surface area contributed by atoms with Gasteiger partial charge in [-0.1, -0.05) is 0 Å². The second kappa shape index (κ2) is 5.22.